The second-order valence-corrected chi connectivity index (χ2v) is 5.57. The lowest BCUT2D eigenvalue weighted by molar-refractivity contribution is -0.117. The standard InChI is InChI=1S/C16H12BrNO2/c1-10-5-4-8-13(15(10)17)18-14(19)9-11-6-2-3-7-12(11)16(18)20/h2-8H,9H2,1H3. The molecule has 2 aromatic carbocycles. The van der Waals surface area contributed by atoms with Gasteiger partial charge in [0.2, 0.25) is 5.91 Å². The van der Waals surface area contributed by atoms with E-state index >= 15 is 0 Å². The molecule has 0 unspecified atom stereocenters. The van der Waals surface area contributed by atoms with Crippen molar-refractivity contribution in [2.75, 3.05) is 4.90 Å². The molecule has 2 amide bonds. The topological polar surface area (TPSA) is 37.4 Å². The Kier molecular flexibility index (Phi) is 3.18. The second kappa shape index (κ2) is 4.87. The number of anilines is 1. The maximum Gasteiger partial charge on any atom is 0.265 e. The zero-order chi connectivity index (χ0) is 14.3. The van der Waals surface area contributed by atoms with Crippen molar-refractivity contribution in [3.05, 3.63) is 63.6 Å². The van der Waals surface area contributed by atoms with E-state index in [9.17, 15) is 9.59 Å². The second-order valence-electron chi connectivity index (χ2n) is 4.78. The van der Waals surface area contributed by atoms with Gasteiger partial charge in [-0.2, -0.15) is 0 Å². The van der Waals surface area contributed by atoms with Gasteiger partial charge in [-0.05, 0) is 46.1 Å². The lowest BCUT2D eigenvalue weighted by Gasteiger charge is -2.27. The fourth-order valence-corrected chi connectivity index (χ4v) is 2.85. The van der Waals surface area contributed by atoms with E-state index < -0.39 is 0 Å². The number of carbonyl (C=O) groups excluding carboxylic acids is 2. The molecule has 0 fully saturated rings. The van der Waals surface area contributed by atoms with Crippen LogP contribution in [0.5, 0.6) is 0 Å². The molecule has 0 saturated heterocycles. The van der Waals surface area contributed by atoms with E-state index in [1.54, 1.807) is 12.1 Å². The molecule has 0 aliphatic carbocycles. The first-order chi connectivity index (χ1) is 9.59. The number of benzene rings is 2. The lowest BCUT2D eigenvalue weighted by atomic mass is 9.98. The van der Waals surface area contributed by atoms with Gasteiger partial charge in [0, 0.05) is 10.0 Å². The van der Waals surface area contributed by atoms with E-state index in [0.717, 1.165) is 15.6 Å². The molecule has 100 valence electrons. The van der Waals surface area contributed by atoms with Crippen molar-refractivity contribution in [3.8, 4) is 0 Å². The average Bonchev–Trinajstić information content (AvgIpc) is 2.43. The number of halogens is 1. The fraction of sp³-hybridized carbons (Fsp3) is 0.125. The number of aryl methyl sites for hydroxylation is 1. The summed E-state index contributed by atoms with van der Waals surface area (Å²) in [6, 6.07) is 12.8. The number of rotatable bonds is 1. The molecule has 1 aliphatic rings. The van der Waals surface area contributed by atoms with Crippen molar-refractivity contribution in [2.45, 2.75) is 13.3 Å². The first kappa shape index (κ1) is 13.1. The quantitative estimate of drug-likeness (QED) is 0.751. The molecule has 1 heterocycles. The molecule has 0 bridgehead atoms. The molecule has 0 radical (unpaired) electrons. The van der Waals surface area contributed by atoms with Crippen molar-refractivity contribution in [2.24, 2.45) is 0 Å². The molecule has 0 N–H and O–H groups in total. The van der Waals surface area contributed by atoms with E-state index in [1.165, 1.54) is 4.90 Å². The molecule has 0 aromatic heterocycles. The highest BCUT2D eigenvalue weighted by Crippen LogP contribution is 2.33. The number of imide groups is 1. The maximum atomic E-state index is 12.6. The zero-order valence-corrected chi connectivity index (χ0v) is 12.5. The zero-order valence-electron chi connectivity index (χ0n) is 10.9. The SMILES string of the molecule is Cc1cccc(N2C(=O)Cc3ccccc3C2=O)c1Br. The molecule has 20 heavy (non-hydrogen) atoms. The Hall–Kier alpha value is -1.94. The van der Waals surface area contributed by atoms with Crippen molar-refractivity contribution >= 4 is 33.4 Å². The Bertz CT molecular complexity index is 724. The monoisotopic (exact) mass is 329 g/mol. The number of fused-ring (bicyclic) bond motifs is 1. The molecule has 0 saturated carbocycles. The van der Waals surface area contributed by atoms with E-state index in [2.05, 4.69) is 15.9 Å². The minimum atomic E-state index is -0.261. The van der Waals surface area contributed by atoms with Gasteiger partial charge in [-0.3, -0.25) is 9.59 Å². The third kappa shape index (κ3) is 1.96. The van der Waals surface area contributed by atoms with Gasteiger partial charge >= 0.3 is 0 Å². The number of hydrogen-bond donors (Lipinski definition) is 0. The molecule has 0 atom stereocenters. The molecule has 3 rings (SSSR count). The van der Waals surface area contributed by atoms with Gasteiger partial charge in [0.1, 0.15) is 0 Å². The average molecular weight is 330 g/mol. The Morgan fingerprint density at radius 2 is 1.80 bits per heavy atom. The summed E-state index contributed by atoms with van der Waals surface area (Å²) in [4.78, 5) is 26.2. The molecule has 2 aromatic rings. The highest BCUT2D eigenvalue weighted by molar-refractivity contribution is 9.10. The summed E-state index contributed by atoms with van der Waals surface area (Å²) in [5.41, 5.74) is 2.99. The van der Waals surface area contributed by atoms with Crippen molar-refractivity contribution in [1.82, 2.24) is 0 Å². The summed E-state index contributed by atoms with van der Waals surface area (Å²) in [6.45, 7) is 1.93. The third-order valence-corrected chi connectivity index (χ3v) is 4.49. The summed E-state index contributed by atoms with van der Waals surface area (Å²) in [5, 5.41) is 0. The highest BCUT2D eigenvalue weighted by Gasteiger charge is 2.32. The van der Waals surface area contributed by atoms with Crippen LogP contribution in [-0.4, -0.2) is 11.8 Å². The van der Waals surface area contributed by atoms with Crippen molar-refractivity contribution in [1.29, 1.82) is 0 Å². The Labute approximate surface area is 125 Å². The molecular formula is C16H12BrNO2. The van der Waals surface area contributed by atoms with Crippen LogP contribution in [0.2, 0.25) is 0 Å². The first-order valence-electron chi connectivity index (χ1n) is 6.30. The van der Waals surface area contributed by atoms with Gasteiger partial charge in [-0.15, -0.1) is 0 Å². The minimum absolute atomic E-state index is 0.194. The van der Waals surface area contributed by atoms with Crippen LogP contribution in [0.3, 0.4) is 0 Å². The van der Waals surface area contributed by atoms with Crippen molar-refractivity contribution in [3.63, 3.8) is 0 Å². The van der Waals surface area contributed by atoms with Gasteiger partial charge < -0.3 is 0 Å². The molecule has 1 aliphatic heterocycles. The summed E-state index contributed by atoms with van der Waals surface area (Å²) in [7, 11) is 0. The van der Waals surface area contributed by atoms with E-state index in [4.69, 9.17) is 0 Å². The van der Waals surface area contributed by atoms with Gasteiger partial charge in [-0.1, -0.05) is 30.3 Å². The van der Waals surface area contributed by atoms with Crippen LogP contribution in [0.4, 0.5) is 5.69 Å². The number of carbonyl (C=O) groups is 2. The van der Waals surface area contributed by atoms with Crippen LogP contribution in [-0.2, 0) is 11.2 Å². The van der Waals surface area contributed by atoms with Crippen LogP contribution in [0.15, 0.2) is 46.9 Å². The summed E-state index contributed by atoms with van der Waals surface area (Å²) < 4.78 is 0.779. The van der Waals surface area contributed by atoms with Gasteiger partial charge in [0.05, 0.1) is 12.1 Å². The number of amides is 2. The van der Waals surface area contributed by atoms with Crippen molar-refractivity contribution < 1.29 is 9.59 Å². The molecular weight excluding hydrogens is 318 g/mol. The fourth-order valence-electron chi connectivity index (χ4n) is 2.41. The lowest BCUT2D eigenvalue weighted by Crippen LogP contribution is -2.42. The predicted molar refractivity (Wildman–Crippen MR) is 80.8 cm³/mol. The van der Waals surface area contributed by atoms with Gasteiger partial charge in [-0.25, -0.2) is 4.90 Å². The Morgan fingerprint density at radius 3 is 2.60 bits per heavy atom. The van der Waals surface area contributed by atoms with E-state index in [-0.39, 0.29) is 18.2 Å². The third-order valence-electron chi connectivity index (χ3n) is 3.45. The molecule has 4 heteroatoms. The summed E-state index contributed by atoms with van der Waals surface area (Å²) in [6.07, 6.45) is 0.252. The van der Waals surface area contributed by atoms with E-state index in [1.807, 2.05) is 37.3 Å². The van der Waals surface area contributed by atoms with Crippen LogP contribution in [0.1, 0.15) is 21.5 Å². The van der Waals surface area contributed by atoms with Crippen LogP contribution in [0, 0.1) is 6.92 Å². The summed E-state index contributed by atoms with van der Waals surface area (Å²) in [5.74, 6) is -0.455. The normalized spacial score (nSPS) is 14.4. The number of nitrogens with zero attached hydrogens (tertiary/aromatic N) is 1. The molecule has 3 nitrogen and oxygen atoms in total. The minimum Gasteiger partial charge on any atom is -0.274 e. The van der Waals surface area contributed by atoms with Gasteiger partial charge in [0.25, 0.3) is 5.91 Å². The number of hydrogen-bond acceptors (Lipinski definition) is 2. The van der Waals surface area contributed by atoms with Crippen LogP contribution >= 0.6 is 15.9 Å². The van der Waals surface area contributed by atoms with E-state index in [0.29, 0.717) is 11.3 Å². The maximum absolute atomic E-state index is 12.6. The summed E-state index contributed by atoms with van der Waals surface area (Å²) >= 11 is 3.46. The van der Waals surface area contributed by atoms with Gasteiger partial charge in [0.15, 0.2) is 0 Å². The Morgan fingerprint density at radius 1 is 1.05 bits per heavy atom. The smallest absolute Gasteiger partial charge is 0.265 e. The Balaban J connectivity index is 2.14. The van der Waals surface area contributed by atoms with Crippen LogP contribution < -0.4 is 4.90 Å². The largest absolute Gasteiger partial charge is 0.274 e. The molecule has 0 spiro atoms. The first-order valence-corrected chi connectivity index (χ1v) is 7.09. The van der Waals surface area contributed by atoms with Crippen LogP contribution in [0.25, 0.3) is 0 Å². The predicted octanol–water partition coefficient (Wildman–Crippen LogP) is 3.49. The highest BCUT2D eigenvalue weighted by atomic mass is 79.9.